The number of piperidine rings is 1. The standard InChI is InChI=1S/C17H21ClN2/c18-14-3-4-17-15(9-14)16(13-5-7-19-8-6-13)11-20(17)10-12-1-2-12/h3-4,9,11-13,19H,1-2,5-8,10H2. The normalized spacial score (nSPS) is 20.6. The van der Waals surface area contributed by atoms with Crippen LogP contribution in [-0.4, -0.2) is 17.7 Å². The number of hydrogen-bond donors (Lipinski definition) is 1. The molecule has 0 unspecified atom stereocenters. The molecular weight excluding hydrogens is 268 g/mol. The van der Waals surface area contributed by atoms with Crippen LogP contribution in [0.15, 0.2) is 24.4 Å². The molecule has 1 aromatic heterocycles. The molecule has 2 aliphatic rings. The number of aromatic nitrogens is 1. The van der Waals surface area contributed by atoms with E-state index in [2.05, 4.69) is 28.2 Å². The summed E-state index contributed by atoms with van der Waals surface area (Å²) in [6, 6.07) is 6.39. The van der Waals surface area contributed by atoms with E-state index in [1.165, 1.54) is 48.7 Å². The van der Waals surface area contributed by atoms with Gasteiger partial charge in [0.1, 0.15) is 0 Å². The molecular formula is C17H21ClN2. The second-order valence-electron chi connectivity index (χ2n) is 6.37. The predicted molar refractivity (Wildman–Crippen MR) is 84.5 cm³/mol. The number of nitrogens with zero attached hydrogens (tertiary/aromatic N) is 1. The summed E-state index contributed by atoms with van der Waals surface area (Å²) < 4.78 is 2.47. The van der Waals surface area contributed by atoms with Gasteiger partial charge in [0.25, 0.3) is 0 Å². The van der Waals surface area contributed by atoms with Gasteiger partial charge < -0.3 is 9.88 Å². The average Bonchev–Trinajstić information content (AvgIpc) is 3.22. The van der Waals surface area contributed by atoms with Gasteiger partial charge in [-0.25, -0.2) is 0 Å². The Morgan fingerprint density at radius 2 is 1.95 bits per heavy atom. The smallest absolute Gasteiger partial charge is 0.0484 e. The third-order valence-electron chi connectivity index (χ3n) is 4.80. The van der Waals surface area contributed by atoms with Crippen LogP contribution in [0.2, 0.25) is 5.02 Å². The predicted octanol–water partition coefficient (Wildman–Crippen LogP) is 4.17. The van der Waals surface area contributed by atoms with Gasteiger partial charge in [0, 0.05) is 28.7 Å². The Balaban J connectivity index is 1.78. The lowest BCUT2D eigenvalue weighted by atomic mass is 9.90. The fourth-order valence-electron chi connectivity index (χ4n) is 3.48. The average molecular weight is 289 g/mol. The van der Waals surface area contributed by atoms with E-state index in [4.69, 9.17) is 11.6 Å². The van der Waals surface area contributed by atoms with Crippen molar-refractivity contribution in [2.45, 2.75) is 38.1 Å². The van der Waals surface area contributed by atoms with Crippen LogP contribution in [0.5, 0.6) is 0 Å². The molecule has 1 aliphatic carbocycles. The van der Waals surface area contributed by atoms with E-state index < -0.39 is 0 Å². The molecule has 1 saturated heterocycles. The van der Waals surface area contributed by atoms with Crippen molar-refractivity contribution in [3.05, 3.63) is 35.0 Å². The highest BCUT2D eigenvalue weighted by Gasteiger charge is 2.25. The number of benzene rings is 1. The quantitative estimate of drug-likeness (QED) is 0.897. The number of fused-ring (bicyclic) bond motifs is 1. The largest absolute Gasteiger partial charge is 0.347 e. The number of nitrogens with one attached hydrogen (secondary N) is 1. The minimum Gasteiger partial charge on any atom is -0.347 e. The first kappa shape index (κ1) is 12.7. The van der Waals surface area contributed by atoms with Crippen molar-refractivity contribution in [2.75, 3.05) is 13.1 Å². The molecule has 0 amide bonds. The molecule has 4 rings (SSSR count). The molecule has 2 nitrogen and oxygen atoms in total. The van der Waals surface area contributed by atoms with Crippen LogP contribution in [0.1, 0.15) is 37.2 Å². The summed E-state index contributed by atoms with van der Waals surface area (Å²) in [6.07, 6.45) is 7.70. The molecule has 2 aromatic rings. The summed E-state index contributed by atoms with van der Waals surface area (Å²) in [4.78, 5) is 0. The molecule has 2 heterocycles. The van der Waals surface area contributed by atoms with E-state index in [1.54, 1.807) is 0 Å². The lowest BCUT2D eigenvalue weighted by molar-refractivity contribution is 0.461. The topological polar surface area (TPSA) is 17.0 Å². The summed E-state index contributed by atoms with van der Waals surface area (Å²) in [6.45, 7) is 3.46. The van der Waals surface area contributed by atoms with Gasteiger partial charge in [-0.1, -0.05) is 11.6 Å². The maximum atomic E-state index is 6.24. The van der Waals surface area contributed by atoms with Gasteiger partial charge in [0.15, 0.2) is 0 Å². The number of hydrogen-bond acceptors (Lipinski definition) is 1. The van der Waals surface area contributed by atoms with E-state index >= 15 is 0 Å². The fourth-order valence-corrected chi connectivity index (χ4v) is 3.66. The van der Waals surface area contributed by atoms with E-state index in [-0.39, 0.29) is 0 Å². The fraction of sp³-hybridized carbons (Fsp3) is 0.529. The first-order valence-electron chi connectivity index (χ1n) is 7.80. The number of rotatable bonds is 3. The van der Waals surface area contributed by atoms with Gasteiger partial charge in [0.05, 0.1) is 0 Å². The molecule has 3 heteroatoms. The zero-order chi connectivity index (χ0) is 13.5. The second kappa shape index (κ2) is 5.09. The highest BCUT2D eigenvalue weighted by Crippen LogP contribution is 2.37. The summed E-state index contributed by atoms with van der Waals surface area (Å²) in [5.41, 5.74) is 2.89. The maximum Gasteiger partial charge on any atom is 0.0484 e. The van der Waals surface area contributed by atoms with E-state index in [9.17, 15) is 0 Å². The Kier molecular flexibility index (Phi) is 3.24. The van der Waals surface area contributed by atoms with Crippen LogP contribution in [0.3, 0.4) is 0 Å². The van der Waals surface area contributed by atoms with Crippen LogP contribution in [0.4, 0.5) is 0 Å². The summed E-state index contributed by atoms with van der Waals surface area (Å²) in [5, 5.41) is 5.70. The van der Waals surface area contributed by atoms with E-state index in [0.29, 0.717) is 5.92 Å². The van der Waals surface area contributed by atoms with Gasteiger partial charge in [-0.3, -0.25) is 0 Å². The molecule has 20 heavy (non-hydrogen) atoms. The van der Waals surface area contributed by atoms with Crippen molar-refractivity contribution >= 4 is 22.5 Å². The SMILES string of the molecule is Clc1ccc2c(c1)c(C1CCNCC1)cn2CC1CC1. The molecule has 1 N–H and O–H groups in total. The molecule has 0 spiro atoms. The van der Waals surface area contributed by atoms with Crippen molar-refractivity contribution in [3.8, 4) is 0 Å². The Labute approximate surface area is 125 Å². The first-order chi connectivity index (χ1) is 9.81. The Bertz CT molecular complexity index is 621. The Morgan fingerprint density at radius 3 is 2.70 bits per heavy atom. The van der Waals surface area contributed by atoms with E-state index in [0.717, 1.165) is 24.0 Å². The lowest BCUT2D eigenvalue weighted by Gasteiger charge is -2.22. The third-order valence-corrected chi connectivity index (χ3v) is 5.04. The molecule has 106 valence electrons. The zero-order valence-corrected chi connectivity index (χ0v) is 12.5. The molecule has 0 atom stereocenters. The second-order valence-corrected chi connectivity index (χ2v) is 6.80. The van der Waals surface area contributed by atoms with Gasteiger partial charge >= 0.3 is 0 Å². The minimum atomic E-state index is 0.692. The van der Waals surface area contributed by atoms with Crippen LogP contribution in [0, 0.1) is 5.92 Å². The highest BCUT2D eigenvalue weighted by atomic mass is 35.5. The molecule has 1 saturated carbocycles. The van der Waals surface area contributed by atoms with Crippen molar-refractivity contribution in [1.82, 2.24) is 9.88 Å². The zero-order valence-electron chi connectivity index (χ0n) is 11.7. The number of halogens is 1. The first-order valence-corrected chi connectivity index (χ1v) is 8.18. The van der Waals surface area contributed by atoms with Crippen LogP contribution < -0.4 is 5.32 Å². The van der Waals surface area contributed by atoms with Gasteiger partial charge in [-0.15, -0.1) is 0 Å². The maximum absolute atomic E-state index is 6.24. The van der Waals surface area contributed by atoms with Crippen molar-refractivity contribution < 1.29 is 0 Å². The molecule has 2 fully saturated rings. The van der Waals surface area contributed by atoms with Crippen molar-refractivity contribution in [1.29, 1.82) is 0 Å². The minimum absolute atomic E-state index is 0.692. The molecule has 0 radical (unpaired) electrons. The highest BCUT2D eigenvalue weighted by molar-refractivity contribution is 6.31. The summed E-state index contributed by atoms with van der Waals surface area (Å²) >= 11 is 6.24. The van der Waals surface area contributed by atoms with Crippen LogP contribution >= 0.6 is 11.6 Å². The monoisotopic (exact) mass is 288 g/mol. The molecule has 0 bridgehead atoms. The van der Waals surface area contributed by atoms with Gasteiger partial charge in [-0.2, -0.15) is 0 Å². The molecule has 1 aromatic carbocycles. The van der Waals surface area contributed by atoms with Crippen molar-refractivity contribution in [2.24, 2.45) is 5.92 Å². The van der Waals surface area contributed by atoms with Crippen LogP contribution in [-0.2, 0) is 6.54 Å². The molecule has 1 aliphatic heterocycles. The Hall–Kier alpha value is -0.990. The third kappa shape index (κ3) is 2.36. The van der Waals surface area contributed by atoms with Crippen LogP contribution in [0.25, 0.3) is 10.9 Å². The Morgan fingerprint density at radius 1 is 1.15 bits per heavy atom. The van der Waals surface area contributed by atoms with Crippen molar-refractivity contribution in [3.63, 3.8) is 0 Å². The van der Waals surface area contributed by atoms with Gasteiger partial charge in [-0.05, 0) is 74.4 Å². The lowest BCUT2D eigenvalue weighted by Crippen LogP contribution is -2.26. The summed E-state index contributed by atoms with van der Waals surface area (Å²) in [5.74, 6) is 1.60. The summed E-state index contributed by atoms with van der Waals surface area (Å²) in [7, 11) is 0. The van der Waals surface area contributed by atoms with E-state index in [1.807, 2.05) is 6.07 Å². The van der Waals surface area contributed by atoms with Gasteiger partial charge in [0.2, 0.25) is 0 Å².